The minimum Gasteiger partial charge on any atom is -0.488 e. The lowest BCUT2D eigenvalue weighted by molar-refractivity contribution is -0.128. The number of ether oxygens (including phenoxy) is 2. The molecule has 0 spiro atoms. The molecule has 0 saturated carbocycles. The Hall–Kier alpha value is -2.34. The molecule has 0 aliphatic heterocycles. The molecule has 0 saturated heterocycles. The van der Waals surface area contributed by atoms with E-state index in [4.69, 9.17) is 9.47 Å². The first-order chi connectivity index (χ1) is 12.0. The van der Waals surface area contributed by atoms with Gasteiger partial charge in [0.1, 0.15) is 17.9 Å². The molecule has 0 radical (unpaired) electrons. The van der Waals surface area contributed by atoms with E-state index in [1.165, 1.54) is 6.92 Å². The van der Waals surface area contributed by atoms with Gasteiger partial charge < -0.3 is 14.8 Å². The number of carbonyl (C=O) groups excluding carboxylic acids is 2. The number of hydrogen-bond acceptors (Lipinski definition) is 4. The number of para-hydroxylation sites is 1. The van der Waals surface area contributed by atoms with Crippen molar-refractivity contribution in [3.05, 3.63) is 64.1 Å². The molecular formula is C19H20BrNO4. The summed E-state index contributed by atoms with van der Waals surface area (Å²) in [7, 11) is 0. The fourth-order valence-electron chi connectivity index (χ4n) is 2.13. The topological polar surface area (TPSA) is 64.6 Å². The van der Waals surface area contributed by atoms with Gasteiger partial charge in [0.25, 0.3) is 5.91 Å². The second-order valence-electron chi connectivity index (χ2n) is 5.32. The first-order valence-electron chi connectivity index (χ1n) is 7.96. The number of likely N-dealkylation sites (N-methyl/N-ethyl adjacent to an activating group) is 1. The van der Waals surface area contributed by atoms with Crippen LogP contribution in [0.5, 0.6) is 5.75 Å². The van der Waals surface area contributed by atoms with Gasteiger partial charge in [-0.3, -0.25) is 4.79 Å². The molecular weight excluding hydrogens is 386 g/mol. The highest BCUT2D eigenvalue weighted by Gasteiger charge is 2.20. The zero-order chi connectivity index (χ0) is 18.2. The van der Waals surface area contributed by atoms with Gasteiger partial charge in [-0.1, -0.05) is 46.3 Å². The van der Waals surface area contributed by atoms with E-state index >= 15 is 0 Å². The molecule has 0 aliphatic carbocycles. The Morgan fingerprint density at radius 3 is 2.52 bits per heavy atom. The molecule has 0 unspecified atom stereocenters. The Bertz CT molecular complexity index is 748. The summed E-state index contributed by atoms with van der Waals surface area (Å²) in [4.78, 5) is 24.1. The summed E-state index contributed by atoms with van der Waals surface area (Å²) in [6, 6.07) is 14.5. The summed E-state index contributed by atoms with van der Waals surface area (Å²) in [6.07, 6.45) is -0.872. The first-order valence-corrected chi connectivity index (χ1v) is 8.76. The van der Waals surface area contributed by atoms with Crippen LogP contribution in [0.15, 0.2) is 53.0 Å². The minimum absolute atomic E-state index is 0.283. The second kappa shape index (κ2) is 9.22. The molecule has 25 heavy (non-hydrogen) atoms. The van der Waals surface area contributed by atoms with Crippen LogP contribution in [-0.2, 0) is 16.1 Å². The maximum absolute atomic E-state index is 12.4. The Labute approximate surface area is 155 Å². The van der Waals surface area contributed by atoms with Gasteiger partial charge in [0.15, 0.2) is 6.10 Å². The van der Waals surface area contributed by atoms with Crippen molar-refractivity contribution in [2.45, 2.75) is 26.6 Å². The SMILES string of the molecule is CCNC(=O)[C@H](C)OC(=O)c1ccccc1OCc1ccccc1Br. The van der Waals surface area contributed by atoms with Gasteiger partial charge >= 0.3 is 5.97 Å². The number of rotatable bonds is 7. The van der Waals surface area contributed by atoms with Gasteiger partial charge in [-0.25, -0.2) is 4.79 Å². The molecule has 0 aromatic heterocycles. The Kier molecular flexibility index (Phi) is 7.01. The molecule has 0 fully saturated rings. The third kappa shape index (κ3) is 5.32. The minimum atomic E-state index is -0.872. The molecule has 0 aliphatic rings. The number of carbonyl (C=O) groups is 2. The van der Waals surface area contributed by atoms with E-state index in [0.29, 0.717) is 18.9 Å². The second-order valence-corrected chi connectivity index (χ2v) is 6.17. The highest BCUT2D eigenvalue weighted by Crippen LogP contribution is 2.23. The normalized spacial score (nSPS) is 11.5. The third-order valence-electron chi connectivity index (χ3n) is 3.45. The first kappa shape index (κ1) is 19.0. The molecule has 2 aromatic carbocycles. The molecule has 6 heteroatoms. The van der Waals surface area contributed by atoms with Crippen LogP contribution in [0.1, 0.15) is 29.8 Å². The van der Waals surface area contributed by atoms with Crippen molar-refractivity contribution in [3.63, 3.8) is 0 Å². The average molecular weight is 406 g/mol. The molecule has 0 heterocycles. The van der Waals surface area contributed by atoms with Crippen LogP contribution >= 0.6 is 15.9 Å². The maximum Gasteiger partial charge on any atom is 0.342 e. The molecule has 1 atom stereocenters. The molecule has 2 rings (SSSR count). The van der Waals surface area contributed by atoms with E-state index in [0.717, 1.165) is 10.0 Å². The van der Waals surface area contributed by atoms with Crippen LogP contribution in [-0.4, -0.2) is 24.5 Å². The standard InChI is InChI=1S/C19H20BrNO4/c1-3-21-18(22)13(2)25-19(23)15-9-5-7-11-17(15)24-12-14-8-4-6-10-16(14)20/h4-11,13H,3,12H2,1-2H3,(H,21,22)/t13-/m0/s1. The lowest BCUT2D eigenvalue weighted by Gasteiger charge is -2.15. The highest BCUT2D eigenvalue weighted by atomic mass is 79.9. The van der Waals surface area contributed by atoms with Crippen molar-refractivity contribution in [2.24, 2.45) is 0 Å². The van der Waals surface area contributed by atoms with Crippen LogP contribution in [0.3, 0.4) is 0 Å². The van der Waals surface area contributed by atoms with Crippen molar-refractivity contribution in [2.75, 3.05) is 6.54 Å². The molecule has 5 nitrogen and oxygen atoms in total. The van der Waals surface area contributed by atoms with Crippen molar-refractivity contribution in [1.29, 1.82) is 0 Å². The van der Waals surface area contributed by atoms with Crippen LogP contribution in [0.25, 0.3) is 0 Å². The predicted molar refractivity (Wildman–Crippen MR) is 98.5 cm³/mol. The summed E-state index contributed by atoms with van der Waals surface area (Å²) in [5.41, 5.74) is 1.24. The van der Waals surface area contributed by atoms with Crippen LogP contribution in [0.4, 0.5) is 0 Å². The summed E-state index contributed by atoms with van der Waals surface area (Å²) < 4.78 is 11.9. The fourth-order valence-corrected chi connectivity index (χ4v) is 2.53. The number of amides is 1. The maximum atomic E-state index is 12.4. The highest BCUT2D eigenvalue weighted by molar-refractivity contribution is 9.10. The van der Waals surface area contributed by atoms with E-state index in [-0.39, 0.29) is 11.5 Å². The van der Waals surface area contributed by atoms with E-state index in [9.17, 15) is 9.59 Å². The number of benzene rings is 2. The summed E-state index contributed by atoms with van der Waals surface area (Å²) in [6.45, 7) is 4.12. The summed E-state index contributed by atoms with van der Waals surface area (Å²) in [5, 5.41) is 2.62. The fraction of sp³-hybridized carbons (Fsp3) is 0.263. The summed E-state index contributed by atoms with van der Waals surface area (Å²) >= 11 is 3.46. The zero-order valence-electron chi connectivity index (χ0n) is 14.1. The smallest absolute Gasteiger partial charge is 0.342 e. The van der Waals surface area contributed by atoms with E-state index < -0.39 is 12.1 Å². The van der Waals surface area contributed by atoms with E-state index in [1.807, 2.05) is 24.3 Å². The monoisotopic (exact) mass is 405 g/mol. The third-order valence-corrected chi connectivity index (χ3v) is 4.23. The van der Waals surface area contributed by atoms with Crippen LogP contribution < -0.4 is 10.1 Å². The lowest BCUT2D eigenvalue weighted by atomic mass is 10.2. The van der Waals surface area contributed by atoms with Crippen molar-refractivity contribution < 1.29 is 19.1 Å². The Morgan fingerprint density at radius 1 is 1.12 bits per heavy atom. The van der Waals surface area contributed by atoms with Crippen LogP contribution in [0.2, 0.25) is 0 Å². The van der Waals surface area contributed by atoms with Gasteiger partial charge in [0.05, 0.1) is 0 Å². The molecule has 1 N–H and O–H groups in total. The number of halogens is 1. The van der Waals surface area contributed by atoms with Gasteiger partial charge in [-0.2, -0.15) is 0 Å². The molecule has 1 amide bonds. The van der Waals surface area contributed by atoms with E-state index in [2.05, 4.69) is 21.2 Å². The predicted octanol–water partition coefficient (Wildman–Crippen LogP) is 3.71. The van der Waals surface area contributed by atoms with Gasteiger partial charge in [-0.05, 0) is 32.0 Å². The Balaban J connectivity index is 2.08. The number of esters is 1. The van der Waals surface area contributed by atoms with Crippen molar-refractivity contribution >= 4 is 27.8 Å². The summed E-state index contributed by atoms with van der Waals surface area (Å²) in [5.74, 6) is -0.518. The van der Waals surface area contributed by atoms with Crippen LogP contribution in [0, 0.1) is 0 Å². The molecule has 0 bridgehead atoms. The zero-order valence-corrected chi connectivity index (χ0v) is 15.7. The largest absolute Gasteiger partial charge is 0.488 e. The average Bonchev–Trinajstić information content (AvgIpc) is 2.61. The van der Waals surface area contributed by atoms with E-state index in [1.54, 1.807) is 31.2 Å². The lowest BCUT2D eigenvalue weighted by Crippen LogP contribution is -2.35. The van der Waals surface area contributed by atoms with Crippen molar-refractivity contribution in [1.82, 2.24) is 5.32 Å². The van der Waals surface area contributed by atoms with Gasteiger partial charge in [-0.15, -0.1) is 0 Å². The van der Waals surface area contributed by atoms with Crippen molar-refractivity contribution in [3.8, 4) is 5.75 Å². The molecule has 132 valence electrons. The number of hydrogen-bond donors (Lipinski definition) is 1. The number of nitrogens with one attached hydrogen (secondary N) is 1. The molecule has 2 aromatic rings. The van der Waals surface area contributed by atoms with Gasteiger partial charge in [0.2, 0.25) is 0 Å². The quantitative estimate of drug-likeness (QED) is 0.713. The Morgan fingerprint density at radius 2 is 1.80 bits per heavy atom. The van der Waals surface area contributed by atoms with Gasteiger partial charge in [0, 0.05) is 16.6 Å².